The van der Waals surface area contributed by atoms with Gasteiger partial charge in [0.05, 0.1) is 0 Å². The van der Waals surface area contributed by atoms with E-state index in [1.54, 1.807) is 12.1 Å². The first-order valence-corrected chi connectivity index (χ1v) is 12.5. The van der Waals surface area contributed by atoms with E-state index in [0.29, 0.717) is 25.5 Å². The van der Waals surface area contributed by atoms with Crippen molar-refractivity contribution in [3.8, 4) is 5.75 Å². The molecule has 3 rings (SSSR count). The quantitative estimate of drug-likeness (QED) is 0.377. The average molecular weight is 550 g/mol. The molecule has 2 aromatic heterocycles. The summed E-state index contributed by atoms with van der Waals surface area (Å²) in [5, 5.41) is 11.7. The average Bonchev–Trinajstić information content (AvgIpc) is 3.15. The number of amides is 1. The molecule has 0 aliphatic heterocycles. The van der Waals surface area contributed by atoms with Crippen LogP contribution in [0.1, 0.15) is 34.4 Å². The summed E-state index contributed by atoms with van der Waals surface area (Å²) in [6, 6.07) is 8.74. The molecule has 180 valence electrons. The monoisotopic (exact) mass is 549 g/mol. The number of rotatable bonds is 10. The molecule has 0 bridgehead atoms. The van der Waals surface area contributed by atoms with E-state index in [-0.39, 0.29) is 22.0 Å². The third kappa shape index (κ3) is 5.81. The maximum absolute atomic E-state index is 12.6. The molecule has 0 aliphatic carbocycles. The van der Waals surface area contributed by atoms with Crippen molar-refractivity contribution in [1.82, 2.24) is 20.1 Å². The second kappa shape index (κ2) is 10.8. The highest BCUT2D eigenvalue weighted by molar-refractivity contribution is 9.10. The maximum atomic E-state index is 12.6. The number of hydrogen-bond acceptors (Lipinski definition) is 9. The molecular formula is C22H24BrN5O5S. The number of aromatic nitrogens is 3. The van der Waals surface area contributed by atoms with Gasteiger partial charge in [-0.3, -0.25) is 4.79 Å². The predicted molar refractivity (Wildman–Crippen MR) is 129 cm³/mol. The Morgan fingerprint density at radius 2 is 2.03 bits per heavy atom. The van der Waals surface area contributed by atoms with E-state index < -0.39 is 15.9 Å². The van der Waals surface area contributed by atoms with E-state index in [1.807, 2.05) is 34.7 Å². The largest absolute Gasteiger partial charge is 0.489 e. The highest BCUT2D eigenvalue weighted by atomic mass is 79.9. The zero-order chi connectivity index (χ0) is 24.9. The number of nitrogens with one attached hydrogen (secondary N) is 1. The highest BCUT2D eigenvalue weighted by Gasteiger charge is 2.27. The number of nitrogens with zero attached hydrogens (tertiary/aromatic N) is 4. The van der Waals surface area contributed by atoms with Crippen LogP contribution in [0.4, 0.5) is 5.82 Å². The first-order chi connectivity index (χ1) is 16.2. The Morgan fingerprint density at radius 3 is 2.62 bits per heavy atom. The van der Waals surface area contributed by atoms with Gasteiger partial charge in [-0.1, -0.05) is 33.7 Å². The molecule has 10 nitrogen and oxygen atoms in total. The molecule has 0 saturated heterocycles. The lowest BCUT2D eigenvalue weighted by atomic mass is 10.2. The van der Waals surface area contributed by atoms with E-state index in [9.17, 15) is 13.2 Å². The Labute approximate surface area is 206 Å². The van der Waals surface area contributed by atoms with Gasteiger partial charge in [0, 0.05) is 23.1 Å². The molecule has 0 atom stereocenters. The Bertz CT molecular complexity index is 1270. The van der Waals surface area contributed by atoms with Crippen LogP contribution in [0.2, 0.25) is 0 Å². The smallest absolute Gasteiger partial charge is 0.285 e. The fourth-order valence-electron chi connectivity index (χ4n) is 3.22. The van der Waals surface area contributed by atoms with Gasteiger partial charge in [-0.05, 0) is 51.1 Å². The van der Waals surface area contributed by atoms with Crippen molar-refractivity contribution in [3.05, 3.63) is 70.2 Å². The topological polar surface area (TPSA) is 128 Å². The predicted octanol–water partition coefficient (Wildman–Crippen LogP) is 3.55. The zero-order valence-corrected chi connectivity index (χ0v) is 21.3. The van der Waals surface area contributed by atoms with Gasteiger partial charge < -0.3 is 14.2 Å². The van der Waals surface area contributed by atoms with Crippen LogP contribution in [0.5, 0.6) is 5.75 Å². The van der Waals surface area contributed by atoms with Crippen LogP contribution in [0, 0.1) is 13.8 Å². The summed E-state index contributed by atoms with van der Waals surface area (Å²) in [7, 11) is -4.17. The molecule has 1 N–H and O–H groups in total. The summed E-state index contributed by atoms with van der Waals surface area (Å²) >= 11 is 3.48. The minimum Gasteiger partial charge on any atom is -0.489 e. The second-order valence-corrected chi connectivity index (χ2v) is 9.77. The summed E-state index contributed by atoms with van der Waals surface area (Å²) in [5.74, 6) is 0.410. The fraction of sp³-hybridized carbons (Fsp3) is 0.273. The van der Waals surface area contributed by atoms with Gasteiger partial charge in [0.1, 0.15) is 18.1 Å². The van der Waals surface area contributed by atoms with E-state index in [4.69, 9.17) is 9.26 Å². The molecule has 12 heteroatoms. The van der Waals surface area contributed by atoms with Crippen LogP contribution in [0.15, 0.2) is 56.9 Å². The SMILES string of the molecule is C=CCOc1ccc(Br)cc1CN(CC)c1ccc(C(=O)NS(=O)(=O)c2c(C)noc2C)nn1. The third-order valence-corrected chi connectivity index (χ3v) is 6.86. The van der Waals surface area contributed by atoms with Crippen LogP contribution in [0.3, 0.4) is 0 Å². The second-order valence-electron chi connectivity index (χ2n) is 7.23. The van der Waals surface area contributed by atoms with Gasteiger partial charge in [0.15, 0.2) is 22.2 Å². The highest BCUT2D eigenvalue weighted by Crippen LogP contribution is 2.26. The van der Waals surface area contributed by atoms with Crippen molar-refractivity contribution in [3.63, 3.8) is 0 Å². The normalized spacial score (nSPS) is 11.2. The molecule has 0 saturated carbocycles. The van der Waals surface area contributed by atoms with Crippen LogP contribution in [-0.2, 0) is 16.6 Å². The van der Waals surface area contributed by atoms with Crippen molar-refractivity contribution in [2.75, 3.05) is 18.1 Å². The van der Waals surface area contributed by atoms with Crippen molar-refractivity contribution in [2.45, 2.75) is 32.2 Å². The van der Waals surface area contributed by atoms with Gasteiger partial charge in [-0.15, -0.1) is 10.2 Å². The van der Waals surface area contributed by atoms with E-state index in [0.717, 1.165) is 15.8 Å². The Balaban J connectivity index is 1.77. The van der Waals surface area contributed by atoms with E-state index in [1.165, 1.54) is 19.9 Å². The maximum Gasteiger partial charge on any atom is 0.285 e. The lowest BCUT2D eigenvalue weighted by Gasteiger charge is -2.23. The van der Waals surface area contributed by atoms with Gasteiger partial charge in [-0.25, -0.2) is 13.1 Å². The molecule has 0 radical (unpaired) electrons. The number of ether oxygens (including phenoxy) is 1. The summed E-state index contributed by atoms with van der Waals surface area (Å²) in [6.45, 7) is 10.0. The van der Waals surface area contributed by atoms with Gasteiger partial charge in [-0.2, -0.15) is 0 Å². The fourth-order valence-corrected chi connectivity index (χ4v) is 4.92. The number of carbonyl (C=O) groups excluding carboxylic acids is 1. The Kier molecular flexibility index (Phi) is 8.05. The molecule has 2 heterocycles. The summed E-state index contributed by atoms with van der Waals surface area (Å²) < 4.78 is 38.6. The van der Waals surface area contributed by atoms with Crippen LogP contribution in [0.25, 0.3) is 0 Å². The number of benzene rings is 1. The number of halogens is 1. The van der Waals surface area contributed by atoms with Crippen molar-refractivity contribution < 1.29 is 22.5 Å². The Hall–Kier alpha value is -3.25. The summed E-state index contributed by atoms with van der Waals surface area (Å²) in [5.41, 5.74) is 0.932. The number of sulfonamides is 1. The molecule has 0 fully saturated rings. The minimum absolute atomic E-state index is 0.0850. The van der Waals surface area contributed by atoms with Crippen LogP contribution >= 0.6 is 15.9 Å². The molecule has 0 aliphatic rings. The first kappa shape index (κ1) is 25.4. The lowest BCUT2D eigenvalue weighted by molar-refractivity contribution is 0.0975. The molecule has 1 aromatic carbocycles. The van der Waals surface area contributed by atoms with Crippen LogP contribution < -0.4 is 14.4 Å². The molecule has 1 amide bonds. The lowest BCUT2D eigenvalue weighted by Crippen LogP contribution is -2.32. The molecule has 0 spiro atoms. The van der Waals surface area contributed by atoms with E-state index >= 15 is 0 Å². The summed E-state index contributed by atoms with van der Waals surface area (Å²) in [4.78, 5) is 14.3. The molecule has 0 unspecified atom stereocenters. The zero-order valence-electron chi connectivity index (χ0n) is 18.9. The van der Waals surface area contributed by atoms with Gasteiger partial charge in [0.2, 0.25) is 0 Å². The van der Waals surface area contributed by atoms with Crippen molar-refractivity contribution in [2.24, 2.45) is 0 Å². The molecular weight excluding hydrogens is 526 g/mol. The number of aryl methyl sites for hydroxylation is 2. The third-order valence-electron chi connectivity index (χ3n) is 4.79. The molecule has 3 aromatic rings. The number of carbonyl (C=O) groups is 1. The Morgan fingerprint density at radius 1 is 1.26 bits per heavy atom. The first-order valence-electron chi connectivity index (χ1n) is 10.3. The van der Waals surface area contributed by atoms with E-state index in [2.05, 4.69) is 37.9 Å². The number of hydrogen-bond donors (Lipinski definition) is 1. The number of anilines is 1. The standard InChI is InChI=1S/C22H24BrN5O5S/c1-5-11-32-19-9-7-17(23)12-16(19)13-28(6-2)20-10-8-18(24-25-20)22(29)27-34(30,31)21-14(3)26-33-15(21)4/h5,7-10,12H,1,6,11,13H2,2-4H3,(H,27,29). The van der Waals surface area contributed by atoms with Crippen LogP contribution in [-0.4, -0.2) is 42.8 Å². The van der Waals surface area contributed by atoms with Gasteiger partial charge in [0.25, 0.3) is 15.9 Å². The van der Waals surface area contributed by atoms with Crippen molar-refractivity contribution in [1.29, 1.82) is 0 Å². The minimum atomic E-state index is -4.17. The van der Waals surface area contributed by atoms with Crippen molar-refractivity contribution >= 4 is 37.7 Å². The molecule has 34 heavy (non-hydrogen) atoms. The summed E-state index contributed by atoms with van der Waals surface area (Å²) in [6.07, 6.45) is 1.67. The van der Waals surface area contributed by atoms with Gasteiger partial charge >= 0.3 is 0 Å².